The first-order valence-electron chi connectivity index (χ1n) is 8.04. The highest BCUT2D eigenvalue weighted by molar-refractivity contribution is 5.92. The predicted octanol–water partition coefficient (Wildman–Crippen LogP) is 3.39. The summed E-state index contributed by atoms with van der Waals surface area (Å²) in [5, 5.41) is 13.8. The van der Waals surface area contributed by atoms with E-state index in [1.807, 2.05) is 13.8 Å². The van der Waals surface area contributed by atoms with Crippen molar-refractivity contribution in [2.45, 2.75) is 53.5 Å². The molecule has 0 spiro atoms. The van der Waals surface area contributed by atoms with E-state index < -0.39 is 28.9 Å². The fraction of sp³-hybridized carbons (Fsp3) is 0.556. The molecular formula is C18H26N2O5. The molecule has 0 atom stereocenters. The Morgan fingerprint density at radius 3 is 2.32 bits per heavy atom. The molecular weight excluding hydrogens is 324 g/mol. The molecule has 138 valence electrons. The lowest BCUT2D eigenvalue weighted by molar-refractivity contribution is -0.385. The topological polar surface area (TPSA) is 98.5 Å². The van der Waals surface area contributed by atoms with Crippen LogP contribution in [-0.4, -0.2) is 28.9 Å². The van der Waals surface area contributed by atoms with Gasteiger partial charge in [-0.15, -0.1) is 0 Å². The Morgan fingerprint density at radius 2 is 1.80 bits per heavy atom. The molecule has 7 heteroatoms. The normalized spacial score (nSPS) is 11.8. The molecule has 1 aromatic rings. The van der Waals surface area contributed by atoms with Crippen LogP contribution in [-0.2, 0) is 9.53 Å². The minimum absolute atomic E-state index is 0.0360. The van der Waals surface area contributed by atoms with Crippen molar-refractivity contribution in [2.75, 3.05) is 6.61 Å². The first kappa shape index (κ1) is 20.6. The van der Waals surface area contributed by atoms with E-state index >= 15 is 0 Å². The highest BCUT2D eigenvalue weighted by atomic mass is 16.6. The van der Waals surface area contributed by atoms with Crippen LogP contribution >= 0.6 is 0 Å². The Bertz CT molecular complexity index is 675. The minimum Gasteiger partial charge on any atom is -0.452 e. The van der Waals surface area contributed by atoms with Crippen LogP contribution in [0.15, 0.2) is 18.2 Å². The molecule has 0 aliphatic heterocycles. The van der Waals surface area contributed by atoms with Gasteiger partial charge in [-0.05, 0) is 38.7 Å². The third-order valence-electron chi connectivity index (χ3n) is 3.43. The smallest absolute Gasteiger partial charge is 0.338 e. The van der Waals surface area contributed by atoms with Crippen molar-refractivity contribution in [3.8, 4) is 0 Å². The molecule has 1 amide bonds. The average molecular weight is 350 g/mol. The second-order valence-electron chi connectivity index (χ2n) is 8.00. The second-order valence-corrected chi connectivity index (χ2v) is 8.00. The molecule has 0 heterocycles. The van der Waals surface area contributed by atoms with Crippen LogP contribution in [0.4, 0.5) is 5.69 Å². The molecule has 0 aromatic heterocycles. The Hall–Kier alpha value is -2.44. The summed E-state index contributed by atoms with van der Waals surface area (Å²) >= 11 is 0. The summed E-state index contributed by atoms with van der Waals surface area (Å²) in [6.45, 7) is 11.2. The molecule has 1 N–H and O–H groups in total. The van der Waals surface area contributed by atoms with E-state index in [-0.39, 0.29) is 16.7 Å². The van der Waals surface area contributed by atoms with Crippen molar-refractivity contribution < 1.29 is 19.2 Å². The highest BCUT2D eigenvalue weighted by Gasteiger charge is 2.27. The Labute approximate surface area is 147 Å². The maximum Gasteiger partial charge on any atom is 0.338 e. The molecule has 7 nitrogen and oxygen atoms in total. The summed E-state index contributed by atoms with van der Waals surface area (Å²) in [6.07, 6.45) is 0.754. The number of hydrogen-bond acceptors (Lipinski definition) is 5. The average Bonchev–Trinajstić information content (AvgIpc) is 2.41. The van der Waals surface area contributed by atoms with Gasteiger partial charge < -0.3 is 10.1 Å². The SMILES string of the molecule is Cc1ccc(C(=O)OCC(=O)NC(C)(C)CC(C)(C)C)cc1[N+](=O)[O-]. The zero-order chi connectivity index (χ0) is 19.4. The first-order chi connectivity index (χ1) is 11.3. The largest absolute Gasteiger partial charge is 0.452 e. The van der Waals surface area contributed by atoms with Gasteiger partial charge in [0.05, 0.1) is 10.5 Å². The summed E-state index contributed by atoms with van der Waals surface area (Å²) in [5.41, 5.74) is -0.0777. The van der Waals surface area contributed by atoms with Gasteiger partial charge in [0.1, 0.15) is 0 Å². The van der Waals surface area contributed by atoms with Gasteiger partial charge in [0.2, 0.25) is 0 Å². The first-order valence-corrected chi connectivity index (χ1v) is 8.04. The van der Waals surface area contributed by atoms with E-state index in [2.05, 4.69) is 26.1 Å². The van der Waals surface area contributed by atoms with Crippen molar-refractivity contribution in [3.63, 3.8) is 0 Å². The lowest BCUT2D eigenvalue weighted by Gasteiger charge is -2.33. The third-order valence-corrected chi connectivity index (χ3v) is 3.43. The number of ether oxygens (including phenoxy) is 1. The number of hydrogen-bond donors (Lipinski definition) is 1. The number of rotatable bonds is 6. The van der Waals surface area contributed by atoms with Crippen molar-refractivity contribution in [2.24, 2.45) is 5.41 Å². The molecule has 0 saturated heterocycles. The number of esters is 1. The Balaban J connectivity index is 2.66. The number of nitro benzene ring substituents is 1. The third kappa shape index (κ3) is 6.91. The van der Waals surface area contributed by atoms with Gasteiger partial charge in [0, 0.05) is 17.2 Å². The Morgan fingerprint density at radius 1 is 1.20 bits per heavy atom. The molecule has 0 bridgehead atoms. The monoisotopic (exact) mass is 350 g/mol. The molecule has 0 fully saturated rings. The second kappa shape index (κ2) is 7.63. The summed E-state index contributed by atoms with van der Waals surface area (Å²) in [6, 6.07) is 4.06. The fourth-order valence-corrected chi connectivity index (χ4v) is 2.93. The van der Waals surface area contributed by atoms with E-state index in [4.69, 9.17) is 4.74 Å². The predicted molar refractivity (Wildman–Crippen MR) is 94.4 cm³/mol. The van der Waals surface area contributed by atoms with Crippen LogP contribution in [0.5, 0.6) is 0 Å². The Kier molecular flexibility index (Phi) is 6.29. The van der Waals surface area contributed by atoms with E-state index in [1.165, 1.54) is 12.1 Å². The maximum absolute atomic E-state index is 12.0. The fourth-order valence-electron chi connectivity index (χ4n) is 2.93. The lowest BCUT2D eigenvalue weighted by Crippen LogP contribution is -2.47. The molecule has 1 aromatic carbocycles. The van der Waals surface area contributed by atoms with Gasteiger partial charge >= 0.3 is 5.97 Å². The van der Waals surface area contributed by atoms with Gasteiger partial charge in [-0.1, -0.05) is 26.8 Å². The summed E-state index contributed by atoms with van der Waals surface area (Å²) in [4.78, 5) is 34.4. The van der Waals surface area contributed by atoms with Gasteiger partial charge in [-0.25, -0.2) is 4.79 Å². The molecule has 0 saturated carbocycles. The summed E-state index contributed by atoms with van der Waals surface area (Å²) in [7, 11) is 0. The quantitative estimate of drug-likeness (QED) is 0.482. The number of nitrogens with zero attached hydrogens (tertiary/aromatic N) is 1. The van der Waals surface area contributed by atoms with Crippen LogP contribution in [0.1, 0.15) is 57.0 Å². The van der Waals surface area contributed by atoms with Crippen molar-refractivity contribution in [1.82, 2.24) is 5.32 Å². The van der Waals surface area contributed by atoms with E-state index in [1.54, 1.807) is 6.92 Å². The maximum atomic E-state index is 12.0. The number of nitrogens with one attached hydrogen (secondary N) is 1. The molecule has 0 radical (unpaired) electrons. The van der Waals surface area contributed by atoms with Crippen molar-refractivity contribution in [1.29, 1.82) is 0 Å². The van der Waals surface area contributed by atoms with E-state index in [0.29, 0.717) is 5.56 Å². The molecule has 0 aliphatic carbocycles. The number of aryl methyl sites for hydroxylation is 1. The van der Waals surface area contributed by atoms with Crippen LogP contribution in [0.2, 0.25) is 0 Å². The minimum atomic E-state index is -0.771. The zero-order valence-electron chi connectivity index (χ0n) is 15.6. The summed E-state index contributed by atoms with van der Waals surface area (Å²) < 4.78 is 4.97. The van der Waals surface area contributed by atoms with Crippen LogP contribution in [0.3, 0.4) is 0 Å². The molecule has 0 aliphatic rings. The number of carbonyl (C=O) groups excluding carboxylic acids is 2. The van der Waals surface area contributed by atoms with Crippen LogP contribution < -0.4 is 5.32 Å². The van der Waals surface area contributed by atoms with Gasteiger partial charge in [-0.3, -0.25) is 14.9 Å². The van der Waals surface area contributed by atoms with Crippen molar-refractivity contribution in [3.05, 3.63) is 39.4 Å². The van der Waals surface area contributed by atoms with Crippen LogP contribution in [0, 0.1) is 22.5 Å². The standard InChI is InChI=1S/C18H26N2O5/c1-12-7-8-13(9-14(12)20(23)24)16(22)25-10-15(21)19-18(5,6)11-17(2,3)4/h7-9H,10-11H2,1-6H3,(H,19,21). The highest BCUT2D eigenvalue weighted by Crippen LogP contribution is 2.26. The van der Waals surface area contributed by atoms with E-state index in [0.717, 1.165) is 12.5 Å². The van der Waals surface area contributed by atoms with Crippen molar-refractivity contribution >= 4 is 17.6 Å². The van der Waals surface area contributed by atoms with Gasteiger partial charge in [0.25, 0.3) is 11.6 Å². The van der Waals surface area contributed by atoms with Gasteiger partial charge in [-0.2, -0.15) is 0 Å². The zero-order valence-corrected chi connectivity index (χ0v) is 15.6. The number of carbonyl (C=O) groups is 2. The number of benzene rings is 1. The van der Waals surface area contributed by atoms with E-state index in [9.17, 15) is 19.7 Å². The molecule has 1 rings (SSSR count). The van der Waals surface area contributed by atoms with Crippen LogP contribution in [0.25, 0.3) is 0 Å². The lowest BCUT2D eigenvalue weighted by atomic mass is 9.82. The summed E-state index contributed by atoms with van der Waals surface area (Å²) in [5.74, 6) is -1.18. The molecule has 25 heavy (non-hydrogen) atoms. The van der Waals surface area contributed by atoms with Gasteiger partial charge in [0.15, 0.2) is 6.61 Å². The number of amides is 1. The molecule has 0 unspecified atom stereocenters. The number of nitro groups is 1.